The van der Waals surface area contributed by atoms with Crippen LogP contribution in [0, 0.1) is 0 Å². The lowest BCUT2D eigenvalue weighted by Gasteiger charge is -2.13. The maximum atomic E-state index is 12.6. The smallest absolute Gasteiger partial charge is 0.244 e. The van der Waals surface area contributed by atoms with Gasteiger partial charge in [0.15, 0.2) is 0 Å². The van der Waals surface area contributed by atoms with Crippen LogP contribution in [-0.4, -0.2) is 19.1 Å². The van der Waals surface area contributed by atoms with E-state index in [1.54, 1.807) is 24.5 Å². The maximum absolute atomic E-state index is 12.6. The van der Waals surface area contributed by atoms with Gasteiger partial charge in [-0.05, 0) is 69.7 Å². The lowest BCUT2D eigenvalue weighted by molar-refractivity contribution is -0.116. The van der Waals surface area contributed by atoms with Crippen molar-refractivity contribution in [1.29, 1.82) is 0 Å². The molecule has 1 aromatic heterocycles. The van der Waals surface area contributed by atoms with E-state index < -0.39 is 0 Å². The number of carbonyl (C=O) groups excluding carboxylic acids is 1. The van der Waals surface area contributed by atoms with E-state index in [1.165, 1.54) is 18.4 Å². The molecule has 2 aromatic carbocycles. The summed E-state index contributed by atoms with van der Waals surface area (Å²) in [5.74, 6) is 0.566. The Kier molecular flexibility index (Phi) is 8.02. The second kappa shape index (κ2) is 11.2. The molecule has 178 valence electrons. The summed E-state index contributed by atoms with van der Waals surface area (Å²) in [4.78, 5) is 12.6. The van der Waals surface area contributed by atoms with Gasteiger partial charge in [-0.15, -0.1) is 0 Å². The fourth-order valence-electron chi connectivity index (χ4n) is 4.36. The highest BCUT2D eigenvalue weighted by molar-refractivity contribution is 6.36. The molecule has 34 heavy (non-hydrogen) atoms. The molecule has 1 amide bonds. The highest BCUT2D eigenvalue weighted by Gasteiger charge is 2.17. The van der Waals surface area contributed by atoms with Gasteiger partial charge in [-0.1, -0.05) is 40.9 Å². The summed E-state index contributed by atoms with van der Waals surface area (Å²) in [7, 11) is 0. The third-order valence-corrected chi connectivity index (χ3v) is 6.65. The number of carbonyl (C=O) groups is 1. The zero-order valence-corrected chi connectivity index (χ0v) is 21.1. The van der Waals surface area contributed by atoms with Gasteiger partial charge in [0.1, 0.15) is 11.3 Å². The molecule has 0 saturated heterocycles. The number of halogens is 2. The molecule has 6 heteroatoms. The highest BCUT2D eigenvalue weighted by Crippen LogP contribution is 2.40. The number of nitrogens with one attached hydrogen (secondary N) is 1. The van der Waals surface area contributed by atoms with Gasteiger partial charge in [-0.2, -0.15) is 0 Å². The van der Waals surface area contributed by atoms with Crippen LogP contribution in [0.15, 0.2) is 58.7 Å². The number of ether oxygens (including phenoxy) is 1. The van der Waals surface area contributed by atoms with Crippen LogP contribution in [0.3, 0.4) is 0 Å². The van der Waals surface area contributed by atoms with Gasteiger partial charge in [0.05, 0.1) is 17.9 Å². The molecule has 0 bridgehead atoms. The highest BCUT2D eigenvalue weighted by atomic mass is 35.5. The summed E-state index contributed by atoms with van der Waals surface area (Å²) in [5, 5.41) is 5.03. The van der Waals surface area contributed by atoms with Gasteiger partial charge in [-0.3, -0.25) is 4.79 Å². The van der Waals surface area contributed by atoms with Crippen molar-refractivity contribution in [3.05, 3.63) is 69.9 Å². The van der Waals surface area contributed by atoms with Crippen molar-refractivity contribution in [2.24, 2.45) is 0 Å². The molecular formula is C28H29Cl2NO3. The van der Waals surface area contributed by atoms with Crippen molar-refractivity contribution in [3.8, 4) is 16.9 Å². The number of benzene rings is 2. The Morgan fingerprint density at radius 3 is 2.76 bits per heavy atom. The first-order valence-corrected chi connectivity index (χ1v) is 12.5. The van der Waals surface area contributed by atoms with E-state index in [2.05, 4.69) is 11.4 Å². The third-order valence-electron chi connectivity index (χ3n) is 6.10. The van der Waals surface area contributed by atoms with Crippen molar-refractivity contribution in [3.63, 3.8) is 0 Å². The van der Waals surface area contributed by atoms with E-state index in [0.29, 0.717) is 34.5 Å². The number of hydrogen-bond donors (Lipinski definition) is 1. The number of allylic oxidation sites excluding steroid dienone is 2. The molecule has 0 atom stereocenters. The normalized spacial score (nSPS) is 14.2. The zero-order chi connectivity index (χ0) is 24.1. The molecular weight excluding hydrogens is 469 g/mol. The Morgan fingerprint density at radius 2 is 2.03 bits per heavy atom. The molecule has 0 fully saturated rings. The van der Waals surface area contributed by atoms with Gasteiger partial charge >= 0.3 is 0 Å². The fraction of sp³-hybridized carbons (Fsp3) is 0.321. The van der Waals surface area contributed by atoms with Crippen molar-refractivity contribution in [2.45, 2.75) is 46.0 Å². The first kappa shape index (κ1) is 24.4. The Labute approximate surface area is 210 Å². The average Bonchev–Trinajstić information content (AvgIpc) is 3.22. The number of furan rings is 1. The first-order chi connectivity index (χ1) is 16.5. The topological polar surface area (TPSA) is 51.5 Å². The van der Waals surface area contributed by atoms with Crippen LogP contribution in [0.25, 0.3) is 27.7 Å². The third kappa shape index (κ3) is 5.68. The number of amides is 1. The van der Waals surface area contributed by atoms with Gasteiger partial charge < -0.3 is 14.5 Å². The number of fused-ring (bicyclic) bond motifs is 1. The van der Waals surface area contributed by atoms with Crippen molar-refractivity contribution in [2.75, 3.05) is 13.2 Å². The average molecular weight is 498 g/mol. The minimum absolute atomic E-state index is 0.107. The zero-order valence-electron chi connectivity index (χ0n) is 19.5. The van der Waals surface area contributed by atoms with E-state index >= 15 is 0 Å². The summed E-state index contributed by atoms with van der Waals surface area (Å²) in [6.07, 6.45) is 11.4. The molecule has 1 aliphatic carbocycles. The molecule has 1 heterocycles. The molecule has 3 aromatic rings. The number of hydrogen-bond acceptors (Lipinski definition) is 3. The first-order valence-electron chi connectivity index (χ1n) is 11.7. The lowest BCUT2D eigenvalue weighted by Crippen LogP contribution is -2.23. The minimum atomic E-state index is -0.107. The Bertz CT molecular complexity index is 1260. The standard InChI is InChI=1S/C28H29Cl2NO3/c1-3-33-26-16-27-23(24(17-34-27)21-10-9-20(29)14-25(21)30)15-22(26)18(2)13-28(32)31-12-11-19-7-5-4-6-8-19/h7,9-10,13-17H,3-6,8,11-12H2,1-2H3,(H,31,32)/b18-13+. The van der Waals surface area contributed by atoms with Crippen LogP contribution in [0.4, 0.5) is 0 Å². The summed E-state index contributed by atoms with van der Waals surface area (Å²) < 4.78 is 11.7. The second-order valence-electron chi connectivity index (χ2n) is 8.53. The Morgan fingerprint density at radius 1 is 1.18 bits per heavy atom. The molecule has 0 radical (unpaired) electrons. The molecule has 4 rings (SSSR count). The van der Waals surface area contributed by atoms with Crippen LogP contribution in [0.1, 0.15) is 51.5 Å². The van der Waals surface area contributed by atoms with Crippen molar-refractivity contribution >= 4 is 45.7 Å². The molecule has 0 saturated carbocycles. The molecule has 0 unspecified atom stereocenters. The molecule has 1 aliphatic rings. The van der Waals surface area contributed by atoms with E-state index in [4.69, 9.17) is 32.4 Å². The molecule has 4 nitrogen and oxygen atoms in total. The van der Waals surface area contributed by atoms with Gasteiger partial charge in [0, 0.05) is 45.8 Å². The summed E-state index contributed by atoms with van der Waals surface area (Å²) in [6, 6.07) is 9.26. The second-order valence-corrected chi connectivity index (χ2v) is 9.37. The van der Waals surface area contributed by atoms with E-state index in [9.17, 15) is 4.79 Å². The van der Waals surface area contributed by atoms with E-state index in [-0.39, 0.29) is 5.91 Å². The number of rotatable bonds is 8. The fourth-order valence-corrected chi connectivity index (χ4v) is 4.87. The van der Waals surface area contributed by atoms with E-state index in [0.717, 1.165) is 46.9 Å². The molecule has 0 aliphatic heterocycles. The van der Waals surface area contributed by atoms with Gasteiger partial charge in [0.2, 0.25) is 5.91 Å². The summed E-state index contributed by atoms with van der Waals surface area (Å²) in [5.41, 5.74) is 5.48. The summed E-state index contributed by atoms with van der Waals surface area (Å²) >= 11 is 12.5. The quantitative estimate of drug-likeness (QED) is 0.252. The van der Waals surface area contributed by atoms with Crippen LogP contribution < -0.4 is 10.1 Å². The van der Waals surface area contributed by atoms with Gasteiger partial charge in [0.25, 0.3) is 0 Å². The van der Waals surface area contributed by atoms with Crippen molar-refractivity contribution < 1.29 is 13.9 Å². The Hall–Kier alpha value is -2.69. The van der Waals surface area contributed by atoms with Crippen LogP contribution in [0.2, 0.25) is 10.0 Å². The summed E-state index contributed by atoms with van der Waals surface area (Å²) in [6.45, 7) is 5.00. The predicted molar refractivity (Wildman–Crippen MR) is 141 cm³/mol. The molecule has 1 N–H and O–H groups in total. The van der Waals surface area contributed by atoms with Crippen LogP contribution in [0.5, 0.6) is 5.75 Å². The SMILES string of the molecule is CCOc1cc2occ(-c3ccc(Cl)cc3Cl)c2cc1/C(C)=C/C(=O)NCCC1=CCCCC1. The van der Waals surface area contributed by atoms with E-state index in [1.807, 2.05) is 32.0 Å². The lowest BCUT2D eigenvalue weighted by atomic mass is 9.97. The maximum Gasteiger partial charge on any atom is 0.244 e. The van der Waals surface area contributed by atoms with Crippen LogP contribution >= 0.6 is 23.2 Å². The Balaban J connectivity index is 1.60. The minimum Gasteiger partial charge on any atom is -0.493 e. The van der Waals surface area contributed by atoms with Crippen LogP contribution in [-0.2, 0) is 4.79 Å². The predicted octanol–water partition coefficient (Wildman–Crippen LogP) is 8.22. The largest absolute Gasteiger partial charge is 0.493 e. The monoisotopic (exact) mass is 497 g/mol. The van der Waals surface area contributed by atoms with Crippen molar-refractivity contribution in [1.82, 2.24) is 5.32 Å². The molecule has 0 spiro atoms. The van der Waals surface area contributed by atoms with Gasteiger partial charge in [-0.25, -0.2) is 0 Å².